The molecule has 4 saturated carbocycles. The van der Waals surface area contributed by atoms with Gasteiger partial charge in [0.05, 0.1) is 51.4 Å². The molecule has 5 aliphatic rings. The molecule has 0 bridgehead atoms. The molecule has 6 unspecified atom stereocenters. The lowest BCUT2D eigenvalue weighted by molar-refractivity contribution is -0.133. The van der Waals surface area contributed by atoms with Crippen molar-refractivity contribution >= 4 is 19.4 Å². The summed E-state index contributed by atoms with van der Waals surface area (Å²) < 4.78 is 33.5. The lowest BCUT2D eigenvalue weighted by Crippen LogP contribution is -2.53. The summed E-state index contributed by atoms with van der Waals surface area (Å²) in [5.74, 6) is 6.06. The summed E-state index contributed by atoms with van der Waals surface area (Å²) in [5, 5.41) is 2.14. The summed E-state index contributed by atoms with van der Waals surface area (Å²) in [4.78, 5) is 37.8. The van der Waals surface area contributed by atoms with E-state index in [1.165, 1.54) is 64.2 Å². The number of fused-ring (bicyclic) bond motifs is 5. The van der Waals surface area contributed by atoms with E-state index in [0.717, 1.165) is 68.4 Å². The predicted octanol–water partition coefficient (Wildman–Crippen LogP) is 8.64. The van der Waals surface area contributed by atoms with Crippen molar-refractivity contribution in [2.45, 2.75) is 149 Å². The van der Waals surface area contributed by atoms with Crippen LogP contribution >= 0.6 is 7.60 Å². The minimum absolute atomic E-state index is 0.0557. The third kappa shape index (κ3) is 11.6. The van der Waals surface area contributed by atoms with Crippen molar-refractivity contribution in [3.8, 4) is 0 Å². The largest absolute Gasteiger partial charge is 0.377 e. The van der Waals surface area contributed by atoms with Crippen molar-refractivity contribution in [1.82, 2.24) is 10.2 Å². The summed E-state index contributed by atoms with van der Waals surface area (Å²) >= 11 is 0. The molecule has 1 heterocycles. The molecule has 318 valence electrons. The van der Waals surface area contributed by atoms with Gasteiger partial charge < -0.3 is 33.8 Å². The highest BCUT2D eigenvalue weighted by atomic mass is 31.2. The Hall–Kier alpha value is -1.03. The van der Waals surface area contributed by atoms with Crippen molar-refractivity contribution < 1.29 is 37.8 Å². The number of ether oxygens (including phenoxy) is 3. The Bertz CT molecular complexity index is 1270. The van der Waals surface area contributed by atoms with Crippen LogP contribution < -0.4 is 5.32 Å². The molecule has 9 atom stereocenters. The van der Waals surface area contributed by atoms with E-state index in [1.807, 2.05) is 0 Å². The second kappa shape index (κ2) is 20.3. The molecule has 0 aromatic carbocycles. The molecule has 10 nitrogen and oxygen atoms in total. The maximum Gasteiger partial charge on any atom is 0.333 e. The van der Waals surface area contributed by atoms with E-state index >= 15 is 0 Å². The van der Waals surface area contributed by atoms with Gasteiger partial charge in [0, 0.05) is 32.5 Å². The summed E-state index contributed by atoms with van der Waals surface area (Å²) in [7, 11) is -3.66. The van der Waals surface area contributed by atoms with E-state index in [-0.39, 0.29) is 19.1 Å². The number of rotatable bonds is 20. The van der Waals surface area contributed by atoms with Crippen LogP contribution in [0.1, 0.15) is 144 Å². The lowest BCUT2D eigenvalue weighted by Gasteiger charge is -2.61. The molecule has 55 heavy (non-hydrogen) atoms. The summed E-state index contributed by atoms with van der Waals surface area (Å²) in [5.41, 5.74) is 1.07. The molecular formula is C44H79N2O8P. The average Bonchev–Trinajstić information content (AvgIpc) is 3.51. The van der Waals surface area contributed by atoms with Crippen molar-refractivity contribution in [2.75, 3.05) is 65.9 Å². The molecule has 2 amide bonds. The fourth-order valence-corrected chi connectivity index (χ4v) is 12.8. The highest BCUT2D eigenvalue weighted by molar-refractivity contribution is 7.54. The Balaban J connectivity index is 0.865. The number of carbonyl (C=O) groups excluding carboxylic acids is 2. The Morgan fingerprint density at radius 2 is 1.45 bits per heavy atom. The molecule has 1 aliphatic heterocycles. The van der Waals surface area contributed by atoms with E-state index < -0.39 is 12.8 Å². The Labute approximate surface area is 334 Å². The van der Waals surface area contributed by atoms with Crippen LogP contribution in [0.4, 0.5) is 0 Å². The average molecular weight is 795 g/mol. The molecule has 5 fully saturated rings. The molecular weight excluding hydrogens is 715 g/mol. The number of hydrogen-bond acceptors (Lipinski definition) is 7. The van der Waals surface area contributed by atoms with Crippen LogP contribution in [0.5, 0.6) is 0 Å². The molecule has 2 N–H and O–H groups in total. The van der Waals surface area contributed by atoms with E-state index in [9.17, 15) is 19.0 Å². The van der Waals surface area contributed by atoms with Crippen LogP contribution in [0, 0.1) is 52.3 Å². The van der Waals surface area contributed by atoms with Gasteiger partial charge in [-0.2, -0.15) is 0 Å². The fourth-order valence-electron chi connectivity index (χ4n) is 12.1. The fraction of sp³-hybridized carbons (Fsp3) is 0.955. The van der Waals surface area contributed by atoms with Crippen LogP contribution in [0.15, 0.2) is 0 Å². The van der Waals surface area contributed by atoms with Crippen molar-refractivity contribution in [2.24, 2.45) is 52.3 Å². The normalized spacial score (nSPS) is 32.9. The van der Waals surface area contributed by atoms with Crippen molar-refractivity contribution in [3.63, 3.8) is 0 Å². The Kier molecular flexibility index (Phi) is 16.6. The maximum atomic E-state index is 13.4. The first-order valence-electron chi connectivity index (χ1n) is 22.4. The number of amides is 2. The molecule has 11 heteroatoms. The molecule has 0 aromatic rings. The number of carbonyl (C=O) groups is 2. The molecule has 4 aliphatic carbocycles. The number of likely N-dealkylation sites (tertiary alicyclic amines) is 1. The standard InChI is InChI=1S/C44H79N2O8P/c1-33(37-14-15-38-36-13-12-35-9-7-8-21-43(35,5)39(36)18-22-44(37,38)6)10-17-41(48)46-24-19-34(20-25-46)11-16-40(47)45-23-26-51-27-28-52-29-30-53-31-32-54-55(49,50)42(2,3)4/h33-39H,7-32H2,1-6H3,(H,45,47)(H,49,50)/t33-,35?,36?,37?,38?,39?,43+,44-/m1/s1. The van der Waals surface area contributed by atoms with Crippen molar-refractivity contribution in [1.29, 1.82) is 0 Å². The van der Waals surface area contributed by atoms with Gasteiger partial charge in [-0.1, -0.05) is 33.6 Å². The third-order valence-electron chi connectivity index (χ3n) is 15.6. The van der Waals surface area contributed by atoms with Gasteiger partial charge >= 0.3 is 7.60 Å². The van der Waals surface area contributed by atoms with Crippen LogP contribution in [0.3, 0.4) is 0 Å². The predicted molar refractivity (Wildman–Crippen MR) is 218 cm³/mol. The maximum absolute atomic E-state index is 13.4. The van der Waals surface area contributed by atoms with Gasteiger partial charge in [0.2, 0.25) is 11.8 Å². The number of hydrogen-bond donors (Lipinski definition) is 2. The first kappa shape index (κ1) is 45.1. The van der Waals surface area contributed by atoms with Crippen LogP contribution in [0.25, 0.3) is 0 Å². The molecule has 0 aromatic heterocycles. The third-order valence-corrected chi connectivity index (χ3v) is 17.8. The number of nitrogens with zero attached hydrogens (tertiary/aromatic N) is 1. The second-order valence-corrected chi connectivity index (χ2v) is 22.4. The molecule has 5 rings (SSSR count). The molecule has 0 radical (unpaired) electrons. The minimum atomic E-state index is -3.66. The van der Waals surface area contributed by atoms with Gasteiger partial charge in [-0.05, 0) is 150 Å². The lowest BCUT2D eigenvalue weighted by atomic mass is 9.44. The van der Waals surface area contributed by atoms with Gasteiger partial charge in [-0.25, -0.2) is 0 Å². The smallest absolute Gasteiger partial charge is 0.333 e. The number of nitrogens with one attached hydrogen (secondary N) is 1. The Morgan fingerprint density at radius 3 is 2.15 bits per heavy atom. The quantitative estimate of drug-likeness (QED) is 0.0928. The van der Waals surface area contributed by atoms with E-state index in [1.54, 1.807) is 20.8 Å². The highest BCUT2D eigenvalue weighted by Gasteiger charge is 2.60. The Morgan fingerprint density at radius 1 is 0.800 bits per heavy atom. The summed E-state index contributed by atoms with van der Waals surface area (Å²) in [6, 6.07) is 0. The zero-order valence-corrected chi connectivity index (χ0v) is 36.5. The van der Waals surface area contributed by atoms with E-state index in [4.69, 9.17) is 18.7 Å². The first-order chi connectivity index (χ1) is 26.2. The van der Waals surface area contributed by atoms with Gasteiger partial charge in [0.25, 0.3) is 0 Å². The van der Waals surface area contributed by atoms with Gasteiger partial charge in [0.15, 0.2) is 0 Å². The minimum Gasteiger partial charge on any atom is -0.377 e. The zero-order chi connectivity index (χ0) is 39.7. The SMILES string of the molecule is C[C@H](CCC(=O)N1CCC(CCC(=O)NCCOCCOCCOCCOP(=O)(O)C(C)(C)C)CC1)C1CCC2C3CCC4CCCC[C@]4(C)C3CC[C@@]21C. The highest BCUT2D eigenvalue weighted by Crippen LogP contribution is 2.68. The number of piperidine rings is 1. The summed E-state index contributed by atoms with van der Waals surface area (Å²) in [6.07, 6.45) is 19.6. The van der Waals surface area contributed by atoms with Gasteiger partial charge in [-0.15, -0.1) is 0 Å². The van der Waals surface area contributed by atoms with Crippen LogP contribution in [-0.2, 0) is 32.9 Å². The van der Waals surface area contributed by atoms with E-state index in [2.05, 4.69) is 31.0 Å². The molecule has 1 saturated heterocycles. The van der Waals surface area contributed by atoms with Crippen molar-refractivity contribution in [3.05, 3.63) is 0 Å². The second-order valence-electron chi connectivity index (χ2n) is 19.7. The van der Waals surface area contributed by atoms with E-state index in [0.29, 0.717) is 81.0 Å². The van der Waals surface area contributed by atoms with Crippen LogP contribution in [0.2, 0.25) is 0 Å². The van der Waals surface area contributed by atoms with Gasteiger partial charge in [-0.3, -0.25) is 14.2 Å². The van der Waals surface area contributed by atoms with Gasteiger partial charge in [0.1, 0.15) is 0 Å². The molecule has 0 spiro atoms. The summed E-state index contributed by atoms with van der Waals surface area (Å²) in [6.45, 7) is 17.2. The van der Waals surface area contributed by atoms with Crippen LogP contribution in [-0.4, -0.2) is 92.6 Å². The first-order valence-corrected chi connectivity index (χ1v) is 24.0. The zero-order valence-electron chi connectivity index (χ0n) is 35.6. The monoisotopic (exact) mass is 795 g/mol. The topological polar surface area (TPSA) is 124 Å².